The Balaban J connectivity index is 2.15. The summed E-state index contributed by atoms with van der Waals surface area (Å²) in [4.78, 5) is 51.6. The third-order valence-corrected chi connectivity index (χ3v) is 12.6. The highest BCUT2D eigenvalue weighted by Crippen LogP contribution is 2.61. The lowest BCUT2D eigenvalue weighted by Gasteiger charge is -2.53. The van der Waals surface area contributed by atoms with Crippen LogP contribution in [0.5, 0.6) is 0 Å². The van der Waals surface area contributed by atoms with Gasteiger partial charge in [0.15, 0.2) is 19.9 Å². The van der Waals surface area contributed by atoms with E-state index in [4.69, 9.17) is 13.9 Å². The Labute approximate surface area is 178 Å². The number of hydrogen-bond acceptors (Lipinski definition) is 7. The van der Waals surface area contributed by atoms with E-state index >= 15 is 0 Å². The van der Waals surface area contributed by atoms with Crippen molar-refractivity contribution < 1.29 is 33.1 Å². The van der Waals surface area contributed by atoms with Crippen molar-refractivity contribution in [3.63, 3.8) is 0 Å². The number of ketones is 2. The van der Waals surface area contributed by atoms with Crippen molar-refractivity contribution in [2.24, 2.45) is 22.7 Å². The minimum atomic E-state index is -2.24. The topological polar surface area (TPSA) is 96.0 Å². The maximum atomic E-state index is 13.7. The monoisotopic (exact) mass is 436 g/mol. The average molecular weight is 437 g/mol. The molecule has 2 fully saturated rings. The van der Waals surface area contributed by atoms with Crippen LogP contribution in [0.2, 0.25) is 18.1 Å². The van der Waals surface area contributed by atoms with Crippen molar-refractivity contribution in [2.75, 3.05) is 7.11 Å². The fraction of sp³-hybridized carbons (Fsp3) is 0.727. The number of carbonyl (C=O) groups excluding carboxylic acids is 4. The first-order valence-electron chi connectivity index (χ1n) is 10.8. The molecule has 8 heteroatoms. The molecule has 3 rings (SSSR count). The van der Waals surface area contributed by atoms with Gasteiger partial charge in [-0.2, -0.15) is 0 Å². The Morgan fingerprint density at radius 3 is 2.27 bits per heavy atom. The largest absolute Gasteiger partial charge is 0.469 e. The SMILES string of the molecule is CC[Si](CC)(CC)O[C@H]1C(=O)[C@H](CC(=O)OC)[C@@]2(C)C=CC(=O)[C@@]3(C)C(=O)O[C@@H]1[C@@H]32. The zero-order valence-electron chi connectivity index (χ0n) is 18.7. The van der Waals surface area contributed by atoms with Gasteiger partial charge in [-0.1, -0.05) is 33.8 Å². The molecule has 0 aromatic rings. The molecule has 0 bridgehead atoms. The van der Waals surface area contributed by atoms with Crippen molar-refractivity contribution in [1.29, 1.82) is 0 Å². The van der Waals surface area contributed by atoms with E-state index in [1.54, 1.807) is 13.0 Å². The number of esters is 2. The molecule has 0 aromatic heterocycles. The highest BCUT2D eigenvalue weighted by molar-refractivity contribution is 6.73. The first-order valence-corrected chi connectivity index (χ1v) is 13.3. The Morgan fingerprint density at radius 1 is 1.13 bits per heavy atom. The molecule has 0 spiro atoms. The quantitative estimate of drug-likeness (QED) is 0.344. The summed E-state index contributed by atoms with van der Waals surface area (Å²) in [7, 11) is -0.957. The molecule has 1 saturated heterocycles. The fourth-order valence-electron chi connectivity index (χ4n) is 5.73. The molecule has 6 atom stereocenters. The van der Waals surface area contributed by atoms with Crippen molar-refractivity contribution in [2.45, 2.75) is 71.4 Å². The lowest BCUT2D eigenvalue weighted by molar-refractivity contribution is -0.165. The highest BCUT2D eigenvalue weighted by atomic mass is 28.4. The van der Waals surface area contributed by atoms with Crippen LogP contribution >= 0.6 is 0 Å². The number of hydrogen-bond donors (Lipinski definition) is 0. The van der Waals surface area contributed by atoms with Crippen molar-refractivity contribution >= 4 is 31.8 Å². The van der Waals surface area contributed by atoms with E-state index in [0.29, 0.717) is 0 Å². The lowest BCUT2D eigenvalue weighted by atomic mass is 9.49. The van der Waals surface area contributed by atoms with Crippen LogP contribution in [0, 0.1) is 22.7 Å². The summed E-state index contributed by atoms with van der Waals surface area (Å²) < 4.78 is 17.1. The molecule has 1 saturated carbocycles. The lowest BCUT2D eigenvalue weighted by Crippen LogP contribution is -2.64. The van der Waals surface area contributed by atoms with Gasteiger partial charge < -0.3 is 13.9 Å². The van der Waals surface area contributed by atoms with Crippen LogP contribution in [0.4, 0.5) is 0 Å². The van der Waals surface area contributed by atoms with Gasteiger partial charge >= 0.3 is 11.9 Å². The summed E-state index contributed by atoms with van der Waals surface area (Å²) in [5.74, 6) is -3.03. The van der Waals surface area contributed by atoms with Crippen LogP contribution in [0.25, 0.3) is 0 Å². The summed E-state index contributed by atoms with van der Waals surface area (Å²) in [6.45, 7) is 9.59. The zero-order chi connectivity index (χ0) is 22.5. The van der Waals surface area contributed by atoms with Gasteiger partial charge in [-0.3, -0.25) is 19.2 Å². The average Bonchev–Trinajstić information content (AvgIpc) is 3.02. The molecule has 0 amide bonds. The van der Waals surface area contributed by atoms with Crippen LogP contribution in [0.3, 0.4) is 0 Å². The maximum Gasteiger partial charge on any atom is 0.320 e. The van der Waals surface area contributed by atoms with Gasteiger partial charge in [-0.05, 0) is 31.1 Å². The number of ether oxygens (including phenoxy) is 2. The minimum Gasteiger partial charge on any atom is -0.469 e. The Morgan fingerprint density at radius 2 is 1.73 bits per heavy atom. The second-order valence-electron chi connectivity index (χ2n) is 9.13. The van der Waals surface area contributed by atoms with Crippen LogP contribution in [-0.2, 0) is 33.1 Å². The second-order valence-corrected chi connectivity index (χ2v) is 13.9. The van der Waals surface area contributed by atoms with Gasteiger partial charge in [0.05, 0.1) is 13.5 Å². The van der Waals surface area contributed by atoms with E-state index in [2.05, 4.69) is 20.8 Å². The van der Waals surface area contributed by atoms with Gasteiger partial charge in [0.1, 0.15) is 17.6 Å². The van der Waals surface area contributed by atoms with Crippen molar-refractivity contribution in [3.05, 3.63) is 12.2 Å². The third-order valence-electron chi connectivity index (χ3n) is 7.98. The van der Waals surface area contributed by atoms with Gasteiger partial charge in [0.25, 0.3) is 0 Å². The number of rotatable bonds is 7. The van der Waals surface area contributed by atoms with E-state index in [1.165, 1.54) is 13.2 Å². The highest BCUT2D eigenvalue weighted by Gasteiger charge is 2.72. The number of methoxy groups -OCH3 is 1. The van der Waals surface area contributed by atoms with Crippen LogP contribution < -0.4 is 0 Å². The predicted molar refractivity (Wildman–Crippen MR) is 111 cm³/mol. The Kier molecular flexibility index (Phi) is 5.88. The van der Waals surface area contributed by atoms with Gasteiger partial charge in [-0.15, -0.1) is 0 Å². The molecular weight excluding hydrogens is 404 g/mol. The Bertz CT molecular complexity index is 793. The molecular formula is C22H32O7Si. The zero-order valence-corrected chi connectivity index (χ0v) is 19.7. The fourth-order valence-corrected chi connectivity index (χ4v) is 8.52. The number of carbonyl (C=O) groups is 4. The van der Waals surface area contributed by atoms with Crippen LogP contribution in [0.15, 0.2) is 12.2 Å². The van der Waals surface area contributed by atoms with E-state index in [-0.39, 0.29) is 18.0 Å². The molecule has 2 aliphatic carbocycles. The summed E-state index contributed by atoms with van der Waals surface area (Å²) >= 11 is 0. The number of Topliss-reactive ketones (excluding diaryl/α,β-unsaturated/α-hetero) is 1. The molecule has 0 radical (unpaired) electrons. The minimum absolute atomic E-state index is 0.128. The third kappa shape index (κ3) is 3.02. The van der Waals surface area contributed by atoms with Gasteiger partial charge in [0, 0.05) is 17.3 Å². The summed E-state index contributed by atoms with van der Waals surface area (Å²) in [5.41, 5.74) is -2.28. The smallest absolute Gasteiger partial charge is 0.320 e. The molecule has 30 heavy (non-hydrogen) atoms. The molecule has 7 nitrogen and oxygen atoms in total. The molecule has 1 aliphatic heterocycles. The second kappa shape index (κ2) is 7.71. The summed E-state index contributed by atoms with van der Waals surface area (Å²) in [6.07, 6.45) is 1.12. The van der Waals surface area contributed by atoms with Crippen molar-refractivity contribution in [3.8, 4) is 0 Å². The predicted octanol–water partition coefficient (Wildman–Crippen LogP) is 2.83. The van der Waals surface area contributed by atoms with E-state index in [1.807, 2.05) is 6.92 Å². The first kappa shape index (κ1) is 22.9. The van der Waals surface area contributed by atoms with Crippen LogP contribution in [-0.4, -0.2) is 51.1 Å². The Hall–Kier alpha value is -1.80. The molecule has 3 aliphatic rings. The standard InChI is InChI=1S/C22H32O7Si/c1-7-30(8-2,9-3)29-17-16(25)13(12-15(24)27-6)21(4)11-10-14(23)22(5)19(21)18(17)28-20(22)26/h10-11,13,17-19H,7-9,12H2,1-6H3/t13-,17-,18-,19+,21+,22+/m0/s1. The molecule has 1 heterocycles. The summed E-state index contributed by atoms with van der Waals surface area (Å²) in [6, 6.07) is 2.47. The maximum absolute atomic E-state index is 13.7. The van der Waals surface area contributed by atoms with Crippen molar-refractivity contribution in [1.82, 2.24) is 0 Å². The molecule has 166 valence electrons. The molecule has 0 unspecified atom stereocenters. The van der Waals surface area contributed by atoms with Gasteiger partial charge in [0.2, 0.25) is 0 Å². The number of allylic oxidation sites excluding steroid dienone is 2. The first-order chi connectivity index (χ1) is 14.0. The van der Waals surface area contributed by atoms with E-state index < -0.39 is 55.1 Å². The summed E-state index contributed by atoms with van der Waals surface area (Å²) in [5, 5.41) is 0. The van der Waals surface area contributed by atoms with E-state index in [0.717, 1.165) is 18.1 Å². The van der Waals surface area contributed by atoms with E-state index in [9.17, 15) is 19.2 Å². The van der Waals surface area contributed by atoms with Crippen LogP contribution in [0.1, 0.15) is 41.0 Å². The normalized spacial score (nSPS) is 37.7. The van der Waals surface area contributed by atoms with Gasteiger partial charge in [-0.25, -0.2) is 0 Å². The molecule has 0 aromatic carbocycles. The molecule has 0 N–H and O–H groups in total.